The molecule has 0 aliphatic heterocycles. The summed E-state index contributed by atoms with van der Waals surface area (Å²) in [5, 5.41) is 0. The minimum atomic E-state index is -0.00736. The van der Waals surface area contributed by atoms with Crippen molar-refractivity contribution in [2.45, 2.75) is 59.0 Å². The zero-order valence-electron chi connectivity index (χ0n) is 9.58. The van der Waals surface area contributed by atoms with Crippen LogP contribution in [0, 0.1) is 11.8 Å². The molecule has 1 unspecified atom stereocenters. The molecule has 1 saturated carbocycles. The normalized spacial score (nSPS) is 29.6. The van der Waals surface area contributed by atoms with Crippen LogP contribution in [0.25, 0.3) is 0 Å². The van der Waals surface area contributed by atoms with E-state index in [2.05, 4.69) is 6.92 Å². The number of esters is 1. The number of hydrogen-bond acceptors (Lipinski definition) is 2. The molecule has 14 heavy (non-hydrogen) atoms. The van der Waals surface area contributed by atoms with Gasteiger partial charge < -0.3 is 4.74 Å². The fourth-order valence-electron chi connectivity index (χ4n) is 1.79. The zero-order chi connectivity index (χ0) is 10.6. The molecule has 1 aliphatic rings. The average Bonchev–Trinajstić information content (AvgIpc) is 2.20. The summed E-state index contributed by atoms with van der Waals surface area (Å²) in [7, 11) is 0. The van der Waals surface area contributed by atoms with E-state index in [4.69, 9.17) is 4.74 Å². The second kappa shape index (κ2) is 5.38. The van der Waals surface area contributed by atoms with Gasteiger partial charge in [0.1, 0.15) is 6.10 Å². The summed E-state index contributed by atoms with van der Waals surface area (Å²) >= 11 is 0. The Balaban J connectivity index is 2.27. The Morgan fingerprint density at radius 1 is 1.36 bits per heavy atom. The maximum Gasteiger partial charge on any atom is 0.308 e. The Morgan fingerprint density at radius 2 is 1.93 bits per heavy atom. The van der Waals surface area contributed by atoms with Gasteiger partial charge in [-0.3, -0.25) is 4.79 Å². The average molecular weight is 198 g/mol. The minimum absolute atomic E-state index is 0.00736. The third-order valence-electron chi connectivity index (χ3n) is 3.26. The van der Waals surface area contributed by atoms with Gasteiger partial charge in [0.2, 0.25) is 0 Å². The Kier molecular flexibility index (Phi) is 4.43. The lowest BCUT2D eigenvalue weighted by atomic mass is 9.89. The molecule has 2 nitrogen and oxygen atoms in total. The summed E-state index contributed by atoms with van der Waals surface area (Å²) in [5.74, 6) is 0.870. The fourth-order valence-corrected chi connectivity index (χ4v) is 1.79. The lowest BCUT2D eigenvalue weighted by molar-refractivity contribution is -0.155. The number of rotatable bonds is 3. The molecule has 1 atom stereocenters. The predicted molar refractivity (Wildman–Crippen MR) is 57.0 cm³/mol. The van der Waals surface area contributed by atoms with Crippen LogP contribution in [0.3, 0.4) is 0 Å². The van der Waals surface area contributed by atoms with Crippen LogP contribution in [0.15, 0.2) is 0 Å². The highest BCUT2D eigenvalue weighted by Crippen LogP contribution is 2.26. The molecule has 0 aromatic carbocycles. The molecule has 0 spiro atoms. The first-order valence-corrected chi connectivity index (χ1v) is 5.84. The van der Waals surface area contributed by atoms with E-state index in [1.807, 2.05) is 13.8 Å². The third kappa shape index (κ3) is 3.32. The van der Waals surface area contributed by atoms with Crippen LogP contribution < -0.4 is 0 Å². The van der Waals surface area contributed by atoms with Crippen LogP contribution in [-0.2, 0) is 9.53 Å². The van der Waals surface area contributed by atoms with Crippen molar-refractivity contribution in [1.29, 1.82) is 0 Å². The molecule has 82 valence electrons. The molecule has 0 heterocycles. The maximum atomic E-state index is 11.5. The Hall–Kier alpha value is -0.530. The molecule has 0 bridgehead atoms. The topological polar surface area (TPSA) is 26.3 Å². The monoisotopic (exact) mass is 198 g/mol. The summed E-state index contributed by atoms with van der Waals surface area (Å²) in [5.41, 5.74) is 0. The molecule has 2 heteroatoms. The van der Waals surface area contributed by atoms with E-state index in [1.165, 1.54) is 12.8 Å². The summed E-state index contributed by atoms with van der Waals surface area (Å²) in [6.07, 6.45) is 5.61. The Morgan fingerprint density at radius 3 is 2.43 bits per heavy atom. The van der Waals surface area contributed by atoms with Gasteiger partial charge in [-0.25, -0.2) is 0 Å². The summed E-state index contributed by atoms with van der Waals surface area (Å²) in [6.45, 7) is 6.23. The van der Waals surface area contributed by atoms with Crippen molar-refractivity contribution in [3.8, 4) is 0 Å². The molecule has 1 rings (SSSR count). The first-order valence-electron chi connectivity index (χ1n) is 5.84. The molecular weight excluding hydrogens is 176 g/mol. The van der Waals surface area contributed by atoms with E-state index in [9.17, 15) is 4.79 Å². The molecule has 0 radical (unpaired) electrons. The van der Waals surface area contributed by atoms with E-state index in [-0.39, 0.29) is 18.0 Å². The van der Waals surface area contributed by atoms with Crippen molar-refractivity contribution in [2.24, 2.45) is 11.8 Å². The third-order valence-corrected chi connectivity index (χ3v) is 3.26. The number of carbonyl (C=O) groups excluding carboxylic acids is 1. The number of ether oxygens (including phenoxy) is 1. The van der Waals surface area contributed by atoms with Gasteiger partial charge in [-0.05, 0) is 38.0 Å². The largest absolute Gasteiger partial charge is 0.462 e. The number of carbonyl (C=O) groups is 1. The van der Waals surface area contributed by atoms with Gasteiger partial charge >= 0.3 is 5.97 Å². The first-order chi connectivity index (χ1) is 6.63. The molecule has 0 aromatic heterocycles. The highest BCUT2D eigenvalue weighted by molar-refractivity contribution is 5.72. The molecular formula is C12H22O2. The van der Waals surface area contributed by atoms with E-state index in [0.29, 0.717) is 0 Å². The van der Waals surface area contributed by atoms with Crippen LogP contribution in [0.1, 0.15) is 52.9 Å². The maximum absolute atomic E-state index is 11.5. The standard InChI is InChI=1S/C12H22O2/c1-4-10(3)12(13)14-11-7-5-9(2)6-8-11/h9-11H,4-8H2,1-3H3/t9-,10?,11-. The van der Waals surface area contributed by atoms with E-state index in [0.717, 1.165) is 25.2 Å². The second-order valence-corrected chi connectivity index (χ2v) is 4.63. The van der Waals surface area contributed by atoms with Gasteiger partial charge in [0.05, 0.1) is 5.92 Å². The van der Waals surface area contributed by atoms with Crippen LogP contribution in [0.2, 0.25) is 0 Å². The first kappa shape index (κ1) is 11.5. The summed E-state index contributed by atoms with van der Waals surface area (Å²) in [6, 6.07) is 0. The quantitative estimate of drug-likeness (QED) is 0.651. The molecule has 0 aromatic rings. The molecule has 0 amide bonds. The summed E-state index contributed by atoms with van der Waals surface area (Å²) in [4.78, 5) is 11.5. The van der Waals surface area contributed by atoms with Gasteiger partial charge in [-0.15, -0.1) is 0 Å². The molecule has 0 N–H and O–H groups in total. The smallest absolute Gasteiger partial charge is 0.308 e. The van der Waals surface area contributed by atoms with Crippen molar-refractivity contribution < 1.29 is 9.53 Å². The van der Waals surface area contributed by atoms with Gasteiger partial charge in [-0.2, -0.15) is 0 Å². The minimum Gasteiger partial charge on any atom is -0.462 e. The van der Waals surface area contributed by atoms with Crippen LogP contribution in [0.5, 0.6) is 0 Å². The highest BCUT2D eigenvalue weighted by Gasteiger charge is 2.23. The lowest BCUT2D eigenvalue weighted by Gasteiger charge is -2.26. The van der Waals surface area contributed by atoms with Gasteiger partial charge in [0.15, 0.2) is 0 Å². The van der Waals surface area contributed by atoms with Crippen molar-refractivity contribution >= 4 is 5.97 Å². The van der Waals surface area contributed by atoms with E-state index in [1.54, 1.807) is 0 Å². The van der Waals surface area contributed by atoms with Crippen molar-refractivity contribution in [1.82, 2.24) is 0 Å². The second-order valence-electron chi connectivity index (χ2n) is 4.63. The van der Waals surface area contributed by atoms with Gasteiger partial charge in [-0.1, -0.05) is 20.8 Å². The number of hydrogen-bond donors (Lipinski definition) is 0. The van der Waals surface area contributed by atoms with E-state index >= 15 is 0 Å². The van der Waals surface area contributed by atoms with Crippen LogP contribution >= 0.6 is 0 Å². The van der Waals surface area contributed by atoms with Crippen molar-refractivity contribution in [3.05, 3.63) is 0 Å². The van der Waals surface area contributed by atoms with Crippen LogP contribution in [0.4, 0.5) is 0 Å². The molecule has 0 saturated heterocycles. The summed E-state index contributed by atoms with van der Waals surface area (Å²) < 4.78 is 5.45. The predicted octanol–water partition coefficient (Wildman–Crippen LogP) is 3.15. The van der Waals surface area contributed by atoms with Gasteiger partial charge in [0.25, 0.3) is 0 Å². The lowest BCUT2D eigenvalue weighted by Crippen LogP contribution is -2.26. The van der Waals surface area contributed by atoms with Crippen LogP contribution in [-0.4, -0.2) is 12.1 Å². The SMILES string of the molecule is CCC(C)C(=O)O[C@H]1CC[C@H](C)CC1. The highest BCUT2D eigenvalue weighted by atomic mass is 16.5. The fraction of sp³-hybridized carbons (Fsp3) is 0.917. The van der Waals surface area contributed by atoms with E-state index < -0.39 is 0 Å². The molecule has 1 aliphatic carbocycles. The molecule has 1 fully saturated rings. The van der Waals surface area contributed by atoms with Crippen molar-refractivity contribution in [3.63, 3.8) is 0 Å². The zero-order valence-corrected chi connectivity index (χ0v) is 9.58. The Labute approximate surface area is 87.0 Å². The Bertz CT molecular complexity index is 181. The van der Waals surface area contributed by atoms with Gasteiger partial charge in [0, 0.05) is 0 Å². The van der Waals surface area contributed by atoms with Crippen molar-refractivity contribution in [2.75, 3.05) is 0 Å².